The zero-order valence-corrected chi connectivity index (χ0v) is 12.6. The second-order valence-electron chi connectivity index (χ2n) is 6.47. The van der Waals surface area contributed by atoms with Gasteiger partial charge >= 0.3 is 0 Å². The highest BCUT2D eigenvalue weighted by Crippen LogP contribution is 2.28. The summed E-state index contributed by atoms with van der Waals surface area (Å²) in [5.74, 6) is 1.11. The van der Waals surface area contributed by atoms with Crippen molar-refractivity contribution >= 4 is 18.3 Å². The number of rotatable bonds is 2. The van der Waals surface area contributed by atoms with E-state index in [1.807, 2.05) is 0 Å². The van der Waals surface area contributed by atoms with Crippen LogP contribution in [0, 0.1) is 5.92 Å². The number of nitrogens with one attached hydrogen (secondary N) is 1. The molecule has 2 bridgehead atoms. The summed E-state index contributed by atoms with van der Waals surface area (Å²) in [5, 5.41) is 3.65. The van der Waals surface area contributed by atoms with Crippen molar-refractivity contribution in [2.75, 3.05) is 13.1 Å². The first-order chi connectivity index (χ1) is 8.81. The number of amides is 1. The van der Waals surface area contributed by atoms with Crippen molar-refractivity contribution in [3.63, 3.8) is 0 Å². The standard InChI is InChI=1S/C15H26N2O.ClH/c18-15(10-12-4-2-1-3-5-12)17-9-8-13-6-7-14(11-17)16-13;/h12-14,16H,1-11H2;1H. The van der Waals surface area contributed by atoms with E-state index in [-0.39, 0.29) is 12.4 Å². The van der Waals surface area contributed by atoms with Crippen molar-refractivity contribution in [3.8, 4) is 0 Å². The van der Waals surface area contributed by atoms with Crippen LogP contribution in [-0.2, 0) is 4.79 Å². The molecule has 0 aromatic heterocycles. The minimum atomic E-state index is 0. The number of fused-ring (bicyclic) bond motifs is 2. The van der Waals surface area contributed by atoms with E-state index in [9.17, 15) is 4.79 Å². The molecule has 3 aliphatic rings. The zero-order valence-electron chi connectivity index (χ0n) is 11.8. The lowest BCUT2D eigenvalue weighted by Gasteiger charge is -2.28. The smallest absolute Gasteiger partial charge is 0.222 e. The van der Waals surface area contributed by atoms with Crippen LogP contribution in [0.1, 0.15) is 57.8 Å². The minimum Gasteiger partial charge on any atom is -0.341 e. The largest absolute Gasteiger partial charge is 0.341 e. The molecule has 2 unspecified atom stereocenters. The summed E-state index contributed by atoms with van der Waals surface area (Å²) in [7, 11) is 0. The predicted molar refractivity (Wildman–Crippen MR) is 79.6 cm³/mol. The van der Waals surface area contributed by atoms with Crippen LogP contribution in [0.15, 0.2) is 0 Å². The Morgan fingerprint density at radius 2 is 1.74 bits per heavy atom. The van der Waals surface area contributed by atoms with Crippen molar-refractivity contribution < 1.29 is 4.79 Å². The van der Waals surface area contributed by atoms with Gasteiger partial charge in [0.15, 0.2) is 0 Å². The minimum absolute atomic E-state index is 0. The molecule has 0 aromatic rings. The van der Waals surface area contributed by atoms with Crippen molar-refractivity contribution in [1.29, 1.82) is 0 Å². The van der Waals surface area contributed by atoms with Gasteiger partial charge in [-0.2, -0.15) is 0 Å². The third-order valence-corrected chi connectivity index (χ3v) is 5.06. The van der Waals surface area contributed by atoms with Crippen LogP contribution >= 0.6 is 12.4 Å². The van der Waals surface area contributed by atoms with Crippen LogP contribution in [-0.4, -0.2) is 36.0 Å². The molecule has 3 nitrogen and oxygen atoms in total. The van der Waals surface area contributed by atoms with Crippen LogP contribution in [0.25, 0.3) is 0 Å². The molecule has 2 saturated heterocycles. The molecule has 3 fully saturated rings. The SMILES string of the molecule is Cl.O=C(CC1CCCCC1)N1CCC2CCC(C1)N2. The summed E-state index contributed by atoms with van der Waals surface area (Å²) in [4.78, 5) is 14.5. The molecule has 2 heterocycles. The van der Waals surface area contributed by atoms with Gasteiger partial charge in [0.25, 0.3) is 0 Å². The number of halogens is 1. The van der Waals surface area contributed by atoms with Crippen LogP contribution in [0.3, 0.4) is 0 Å². The molecule has 2 aliphatic heterocycles. The second-order valence-corrected chi connectivity index (χ2v) is 6.47. The van der Waals surface area contributed by atoms with Crippen molar-refractivity contribution in [2.24, 2.45) is 5.92 Å². The average Bonchev–Trinajstić information content (AvgIpc) is 2.70. The topological polar surface area (TPSA) is 32.3 Å². The summed E-state index contributed by atoms with van der Waals surface area (Å²) < 4.78 is 0. The zero-order chi connectivity index (χ0) is 12.4. The molecule has 0 radical (unpaired) electrons. The van der Waals surface area contributed by atoms with Gasteiger partial charge < -0.3 is 10.2 Å². The maximum Gasteiger partial charge on any atom is 0.222 e. The molecule has 1 amide bonds. The Balaban J connectivity index is 0.00000133. The summed E-state index contributed by atoms with van der Waals surface area (Å²) in [6.45, 7) is 1.95. The predicted octanol–water partition coefficient (Wildman–Crippen LogP) is 2.73. The monoisotopic (exact) mass is 286 g/mol. The Hall–Kier alpha value is -0.280. The summed E-state index contributed by atoms with van der Waals surface area (Å²) in [6, 6.07) is 1.26. The normalized spacial score (nSPS) is 31.7. The molecule has 0 spiro atoms. The first-order valence-corrected chi connectivity index (χ1v) is 7.85. The maximum atomic E-state index is 12.4. The highest BCUT2D eigenvalue weighted by molar-refractivity contribution is 5.85. The van der Waals surface area contributed by atoms with Gasteiger partial charge in [-0.25, -0.2) is 0 Å². The Labute approximate surface area is 122 Å². The van der Waals surface area contributed by atoms with E-state index in [1.165, 1.54) is 44.9 Å². The van der Waals surface area contributed by atoms with Gasteiger partial charge in [-0.1, -0.05) is 19.3 Å². The number of carbonyl (C=O) groups excluding carboxylic acids is 1. The van der Waals surface area contributed by atoms with E-state index in [2.05, 4.69) is 10.2 Å². The maximum absolute atomic E-state index is 12.4. The molecule has 4 heteroatoms. The Morgan fingerprint density at radius 3 is 2.53 bits per heavy atom. The van der Waals surface area contributed by atoms with E-state index in [4.69, 9.17) is 0 Å². The number of nitrogens with zero attached hydrogens (tertiary/aromatic N) is 1. The van der Waals surface area contributed by atoms with E-state index in [0.717, 1.165) is 25.9 Å². The number of carbonyl (C=O) groups is 1. The third kappa shape index (κ3) is 3.85. The quantitative estimate of drug-likeness (QED) is 0.847. The van der Waals surface area contributed by atoms with E-state index >= 15 is 0 Å². The molecule has 1 N–H and O–H groups in total. The van der Waals surface area contributed by atoms with Gasteiger partial charge in [-0.05, 0) is 38.0 Å². The second kappa shape index (κ2) is 6.94. The number of hydrogen-bond acceptors (Lipinski definition) is 2. The molecular weight excluding hydrogens is 260 g/mol. The molecule has 2 atom stereocenters. The van der Waals surface area contributed by atoms with Crippen LogP contribution in [0.4, 0.5) is 0 Å². The van der Waals surface area contributed by atoms with E-state index in [1.54, 1.807) is 0 Å². The fourth-order valence-corrected chi connectivity index (χ4v) is 3.94. The lowest BCUT2D eigenvalue weighted by molar-refractivity contribution is -0.132. The summed E-state index contributed by atoms with van der Waals surface area (Å²) in [5.41, 5.74) is 0. The Morgan fingerprint density at radius 1 is 1.00 bits per heavy atom. The van der Waals surface area contributed by atoms with Gasteiger partial charge in [-0.3, -0.25) is 4.79 Å². The molecule has 0 aromatic carbocycles. The summed E-state index contributed by atoms with van der Waals surface area (Å²) >= 11 is 0. The van der Waals surface area contributed by atoms with Gasteiger partial charge in [0.05, 0.1) is 0 Å². The lowest BCUT2D eigenvalue weighted by Crippen LogP contribution is -2.39. The number of hydrogen-bond donors (Lipinski definition) is 1. The highest BCUT2D eigenvalue weighted by atomic mass is 35.5. The van der Waals surface area contributed by atoms with Gasteiger partial charge in [0.1, 0.15) is 0 Å². The van der Waals surface area contributed by atoms with Crippen molar-refractivity contribution in [3.05, 3.63) is 0 Å². The summed E-state index contributed by atoms with van der Waals surface area (Å²) in [6.07, 6.45) is 11.2. The fraction of sp³-hybridized carbons (Fsp3) is 0.933. The molecule has 3 rings (SSSR count). The lowest BCUT2D eigenvalue weighted by atomic mass is 9.86. The van der Waals surface area contributed by atoms with Crippen LogP contribution < -0.4 is 5.32 Å². The first-order valence-electron chi connectivity index (χ1n) is 7.85. The number of likely N-dealkylation sites (tertiary alicyclic amines) is 1. The highest BCUT2D eigenvalue weighted by Gasteiger charge is 2.31. The van der Waals surface area contributed by atoms with Crippen molar-refractivity contribution in [2.45, 2.75) is 69.9 Å². The van der Waals surface area contributed by atoms with E-state index in [0.29, 0.717) is 23.9 Å². The Bertz CT molecular complexity index is 305. The van der Waals surface area contributed by atoms with Crippen molar-refractivity contribution in [1.82, 2.24) is 10.2 Å². The molecule has 110 valence electrons. The van der Waals surface area contributed by atoms with Gasteiger partial charge in [0, 0.05) is 31.6 Å². The molecular formula is C15H27ClN2O. The molecule has 1 aliphatic carbocycles. The first kappa shape index (κ1) is 15.1. The van der Waals surface area contributed by atoms with Crippen LogP contribution in [0.2, 0.25) is 0 Å². The molecule has 1 saturated carbocycles. The fourth-order valence-electron chi connectivity index (χ4n) is 3.94. The Kier molecular flexibility index (Phi) is 5.52. The average molecular weight is 287 g/mol. The van der Waals surface area contributed by atoms with Gasteiger partial charge in [-0.15, -0.1) is 12.4 Å². The third-order valence-electron chi connectivity index (χ3n) is 5.06. The van der Waals surface area contributed by atoms with Gasteiger partial charge in [0.2, 0.25) is 5.91 Å². The van der Waals surface area contributed by atoms with E-state index < -0.39 is 0 Å². The molecule has 19 heavy (non-hydrogen) atoms. The van der Waals surface area contributed by atoms with Crippen LogP contribution in [0.5, 0.6) is 0 Å².